The topological polar surface area (TPSA) is 72.5 Å². The molecule has 0 bridgehead atoms. The van der Waals surface area contributed by atoms with Gasteiger partial charge in [0, 0.05) is 12.0 Å². The average molecular weight is 258 g/mol. The highest BCUT2D eigenvalue weighted by molar-refractivity contribution is 6.09. The lowest BCUT2D eigenvalue weighted by Crippen LogP contribution is -2.25. The smallest absolute Gasteiger partial charge is 0.252 e. The second kappa shape index (κ2) is 5.78. The van der Waals surface area contributed by atoms with Crippen LogP contribution in [0.2, 0.25) is 0 Å². The standard InChI is InChI=1S/C15H18N2O2/c1-10(18)5-2-3-6-11-7-4-8-12-9-13(19)17-15(16)14(11)12/h4,7-8H,2-3,5-6,9H2,1H3,(H2,16,17,19). The Kier molecular flexibility index (Phi) is 4.10. The van der Waals surface area contributed by atoms with Gasteiger partial charge in [0.2, 0.25) is 0 Å². The van der Waals surface area contributed by atoms with Gasteiger partial charge < -0.3 is 10.5 Å². The minimum atomic E-state index is -0.182. The number of aliphatic imine (C=N–C) groups is 1. The Labute approximate surface area is 112 Å². The average Bonchev–Trinajstić information content (AvgIpc) is 2.33. The maximum Gasteiger partial charge on any atom is 0.252 e. The first-order valence-corrected chi connectivity index (χ1v) is 6.55. The molecule has 2 N–H and O–H groups in total. The van der Waals surface area contributed by atoms with Crippen LogP contribution in [0.4, 0.5) is 0 Å². The summed E-state index contributed by atoms with van der Waals surface area (Å²) in [6.45, 7) is 1.61. The summed E-state index contributed by atoms with van der Waals surface area (Å²) in [5, 5.41) is 0. The van der Waals surface area contributed by atoms with Crippen molar-refractivity contribution in [2.75, 3.05) is 0 Å². The molecule has 0 spiro atoms. The van der Waals surface area contributed by atoms with Crippen LogP contribution in [0.15, 0.2) is 23.2 Å². The van der Waals surface area contributed by atoms with Gasteiger partial charge in [0.05, 0.1) is 6.42 Å². The number of carbonyl (C=O) groups is 2. The SMILES string of the molecule is CC(=O)CCCCc1cccc2c1C(N)=NC(=O)C2. The highest BCUT2D eigenvalue weighted by Gasteiger charge is 2.19. The van der Waals surface area contributed by atoms with E-state index in [-0.39, 0.29) is 11.7 Å². The zero-order chi connectivity index (χ0) is 13.8. The molecular weight excluding hydrogens is 240 g/mol. The second-order valence-corrected chi connectivity index (χ2v) is 4.93. The van der Waals surface area contributed by atoms with Crippen molar-refractivity contribution in [3.63, 3.8) is 0 Å². The Balaban J connectivity index is 2.12. The molecule has 1 aliphatic heterocycles. The van der Waals surface area contributed by atoms with E-state index in [9.17, 15) is 9.59 Å². The van der Waals surface area contributed by atoms with Gasteiger partial charge in [-0.15, -0.1) is 0 Å². The summed E-state index contributed by atoms with van der Waals surface area (Å²) in [6, 6.07) is 5.89. The van der Waals surface area contributed by atoms with Crippen molar-refractivity contribution in [2.24, 2.45) is 10.7 Å². The number of unbranched alkanes of at least 4 members (excludes halogenated alkanes) is 1. The van der Waals surface area contributed by atoms with Crippen LogP contribution in [-0.4, -0.2) is 17.5 Å². The molecule has 1 heterocycles. The summed E-state index contributed by atoms with van der Waals surface area (Å²) >= 11 is 0. The monoisotopic (exact) mass is 258 g/mol. The molecule has 1 amide bonds. The van der Waals surface area contributed by atoms with E-state index in [2.05, 4.69) is 4.99 Å². The molecule has 1 aromatic carbocycles. The van der Waals surface area contributed by atoms with Crippen LogP contribution in [0.25, 0.3) is 0 Å². The normalized spacial score (nSPS) is 13.9. The number of carbonyl (C=O) groups excluding carboxylic acids is 2. The predicted molar refractivity (Wildman–Crippen MR) is 74.1 cm³/mol. The van der Waals surface area contributed by atoms with Crippen molar-refractivity contribution in [1.29, 1.82) is 0 Å². The molecule has 0 saturated heterocycles. The van der Waals surface area contributed by atoms with Crippen LogP contribution in [-0.2, 0) is 22.4 Å². The zero-order valence-electron chi connectivity index (χ0n) is 11.1. The number of nitrogens with two attached hydrogens (primary N) is 1. The summed E-state index contributed by atoms with van der Waals surface area (Å²) < 4.78 is 0. The maximum atomic E-state index is 11.4. The summed E-state index contributed by atoms with van der Waals surface area (Å²) in [5.74, 6) is 0.369. The molecule has 0 radical (unpaired) electrons. The number of hydrogen-bond acceptors (Lipinski definition) is 3. The summed E-state index contributed by atoms with van der Waals surface area (Å²) in [7, 11) is 0. The molecule has 19 heavy (non-hydrogen) atoms. The maximum absolute atomic E-state index is 11.4. The van der Waals surface area contributed by atoms with E-state index in [4.69, 9.17) is 5.73 Å². The number of nitrogens with zero attached hydrogens (tertiary/aromatic N) is 1. The number of amides is 1. The van der Waals surface area contributed by atoms with Gasteiger partial charge in [0.25, 0.3) is 5.91 Å². The van der Waals surface area contributed by atoms with Crippen molar-refractivity contribution < 1.29 is 9.59 Å². The number of hydrogen-bond donors (Lipinski definition) is 1. The molecule has 0 saturated carbocycles. The fraction of sp³-hybridized carbons (Fsp3) is 0.400. The van der Waals surface area contributed by atoms with Gasteiger partial charge in [0.1, 0.15) is 11.6 Å². The molecular formula is C15H18N2O2. The number of rotatable bonds is 5. The lowest BCUT2D eigenvalue weighted by atomic mass is 9.92. The Bertz CT molecular complexity index is 547. The zero-order valence-corrected chi connectivity index (χ0v) is 11.1. The molecule has 1 aromatic rings. The van der Waals surface area contributed by atoms with E-state index >= 15 is 0 Å². The van der Waals surface area contributed by atoms with E-state index in [1.807, 2.05) is 18.2 Å². The molecule has 4 nitrogen and oxygen atoms in total. The van der Waals surface area contributed by atoms with Crippen LogP contribution < -0.4 is 5.73 Å². The Morgan fingerprint density at radius 3 is 2.89 bits per heavy atom. The van der Waals surface area contributed by atoms with Crippen molar-refractivity contribution in [3.8, 4) is 0 Å². The molecule has 0 atom stereocenters. The van der Waals surface area contributed by atoms with E-state index in [1.54, 1.807) is 6.92 Å². The first-order valence-electron chi connectivity index (χ1n) is 6.55. The minimum absolute atomic E-state index is 0.182. The van der Waals surface area contributed by atoms with Gasteiger partial charge >= 0.3 is 0 Å². The molecule has 0 aliphatic carbocycles. The molecule has 0 fully saturated rings. The Morgan fingerprint density at radius 2 is 2.16 bits per heavy atom. The quantitative estimate of drug-likeness (QED) is 0.818. The molecule has 1 aliphatic rings. The van der Waals surface area contributed by atoms with Gasteiger partial charge in [-0.1, -0.05) is 18.2 Å². The largest absolute Gasteiger partial charge is 0.383 e. The number of benzene rings is 1. The summed E-state index contributed by atoms with van der Waals surface area (Å²) in [5.41, 5.74) is 8.87. The molecule has 0 unspecified atom stereocenters. The minimum Gasteiger partial charge on any atom is -0.383 e. The van der Waals surface area contributed by atoms with Gasteiger partial charge in [-0.05, 0) is 37.3 Å². The molecule has 4 heteroatoms. The number of ketones is 1. The van der Waals surface area contributed by atoms with Crippen LogP contribution >= 0.6 is 0 Å². The van der Waals surface area contributed by atoms with Crippen LogP contribution in [0.5, 0.6) is 0 Å². The van der Waals surface area contributed by atoms with Gasteiger partial charge in [-0.25, -0.2) is 0 Å². The molecule has 2 rings (SSSR count). The summed E-state index contributed by atoms with van der Waals surface area (Å²) in [6.07, 6.45) is 3.64. The molecule has 100 valence electrons. The number of aryl methyl sites for hydroxylation is 1. The van der Waals surface area contributed by atoms with Crippen molar-refractivity contribution in [3.05, 3.63) is 34.9 Å². The predicted octanol–water partition coefficient (Wildman–Crippen LogP) is 1.78. The third kappa shape index (κ3) is 3.28. The second-order valence-electron chi connectivity index (χ2n) is 4.93. The highest BCUT2D eigenvalue weighted by Crippen LogP contribution is 2.21. The van der Waals surface area contributed by atoms with E-state index in [0.717, 1.165) is 36.0 Å². The highest BCUT2D eigenvalue weighted by atomic mass is 16.1. The fourth-order valence-corrected chi connectivity index (χ4v) is 2.42. The lowest BCUT2D eigenvalue weighted by molar-refractivity contribution is -0.118. The van der Waals surface area contributed by atoms with Crippen LogP contribution in [0.1, 0.15) is 42.9 Å². The van der Waals surface area contributed by atoms with E-state index in [0.29, 0.717) is 18.7 Å². The van der Waals surface area contributed by atoms with Gasteiger partial charge in [-0.2, -0.15) is 4.99 Å². The van der Waals surface area contributed by atoms with Gasteiger partial charge in [-0.3, -0.25) is 4.79 Å². The Morgan fingerprint density at radius 1 is 1.37 bits per heavy atom. The first kappa shape index (κ1) is 13.5. The number of Topliss-reactive ketones (excluding diaryl/α,β-unsaturated/α-hetero) is 1. The van der Waals surface area contributed by atoms with E-state index in [1.165, 1.54) is 0 Å². The third-order valence-electron chi connectivity index (χ3n) is 3.30. The number of fused-ring (bicyclic) bond motifs is 1. The first-order chi connectivity index (χ1) is 9.08. The van der Waals surface area contributed by atoms with Gasteiger partial charge in [0.15, 0.2) is 0 Å². The van der Waals surface area contributed by atoms with Crippen LogP contribution in [0.3, 0.4) is 0 Å². The van der Waals surface area contributed by atoms with E-state index < -0.39 is 0 Å². The fourth-order valence-electron chi connectivity index (χ4n) is 2.42. The summed E-state index contributed by atoms with van der Waals surface area (Å²) in [4.78, 5) is 26.1. The third-order valence-corrected chi connectivity index (χ3v) is 3.30. The Hall–Kier alpha value is -1.97. The van der Waals surface area contributed by atoms with Crippen molar-refractivity contribution in [1.82, 2.24) is 0 Å². The van der Waals surface area contributed by atoms with Crippen LogP contribution in [0, 0.1) is 0 Å². The molecule has 0 aromatic heterocycles. The van der Waals surface area contributed by atoms with Crippen molar-refractivity contribution >= 4 is 17.5 Å². The number of amidine groups is 1. The van der Waals surface area contributed by atoms with Crippen molar-refractivity contribution in [2.45, 2.75) is 39.0 Å². The lowest BCUT2D eigenvalue weighted by Gasteiger charge is -2.17.